The molecule has 1 fully saturated rings. The van der Waals surface area contributed by atoms with Gasteiger partial charge in [0.1, 0.15) is 5.41 Å². The quantitative estimate of drug-likeness (QED) is 0.820. The first-order valence-corrected chi connectivity index (χ1v) is 5.85. The van der Waals surface area contributed by atoms with Crippen molar-refractivity contribution >= 4 is 11.7 Å². The second-order valence-corrected chi connectivity index (χ2v) is 4.47. The lowest BCUT2D eigenvalue weighted by atomic mass is 9.86. The maximum Gasteiger partial charge on any atom is 0.318 e. The number of methoxy groups -OCH3 is 2. The standard InChI is InChI=1S/C13H16FNO4/c1-17-11-4-3-9(5-10(11)14)15-6-13(7-19-8-13)12(16)18-2/h3-5,15H,6-8H2,1-2H3. The molecule has 1 aromatic rings. The molecule has 0 unspecified atom stereocenters. The van der Waals surface area contributed by atoms with E-state index in [2.05, 4.69) is 5.32 Å². The molecule has 1 saturated heterocycles. The average molecular weight is 269 g/mol. The van der Waals surface area contributed by atoms with Crippen molar-refractivity contribution in [2.75, 3.05) is 39.3 Å². The van der Waals surface area contributed by atoms with E-state index < -0.39 is 11.2 Å². The van der Waals surface area contributed by atoms with Gasteiger partial charge in [0, 0.05) is 18.3 Å². The summed E-state index contributed by atoms with van der Waals surface area (Å²) in [6, 6.07) is 4.54. The molecular weight excluding hydrogens is 253 g/mol. The van der Waals surface area contributed by atoms with Crippen LogP contribution in [0.15, 0.2) is 18.2 Å². The Hall–Kier alpha value is -1.82. The number of anilines is 1. The van der Waals surface area contributed by atoms with Crippen LogP contribution < -0.4 is 10.1 Å². The summed E-state index contributed by atoms with van der Waals surface area (Å²) in [5, 5.41) is 3.02. The first kappa shape index (κ1) is 13.6. The predicted octanol–water partition coefficient (Wildman–Crippen LogP) is 1.44. The van der Waals surface area contributed by atoms with Crippen molar-refractivity contribution in [3.05, 3.63) is 24.0 Å². The lowest BCUT2D eigenvalue weighted by Gasteiger charge is -2.38. The van der Waals surface area contributed by atoms with Crippen LogP contribution in [0.4, 0.5) is 10.1 Å². The van der Waals surface area contributed by atoms with Gasteiger partial charge >= 0.3 is 5.97 Å². The van der Waals surface area contributed by atoms with Gasteiger partial charge in [-0.2, -0.15) is 0 Å². The van der Waals surface area contributed by atoms with Crippen molar-refractivity contribution in [1.29, 1.82) is 0 Å². The number of hydrogen-bond donors (Lipinski definition) is 1. The van der Waals surface area contributed by atoms with Gasteiger partial charge in [-0.05, 0) is 12.1 Å². The first-order valence-electron chi connectivity index (χ1n) is 5.85. The summed E-state index contributed by atoms with van der Waals surface area (Å²) in [6.45, 7) is 0.960. The monoisotopic (exact) mass is 269 g/mol. The number of benzene rings is 1. The van der Waals surface area contributed by atoms with Crippen LogP contribution in [-0.2, 0) is 14.3 Å². The van der Waals surface area contributed by atoms with E-state index in [4.69, 9.17) is 14.2 Å². The number of halogens is 1. The van der Waals surface area contributed by atoms with Gasteiger partial charge in [-0.1, -0.05) is 0 Å². The topological polar surface area (TPSA) is 56.8 Å². The summed E-state index contributed by atoms with van der Waals surface area (Å²) in [4.78, 5) is 11.7. The molecule has 1 N–H and O–H groups in total. The zero-order valence-electron chi connectivity index (χ0n) is 10.9. The smallest absolute Gasteiger partial charge is 0.318 e. The minimum atomic E-state index is -0.675. The highest BCUT2D eigenvalue weighted by atomic mass is 19.1. The van der Waals surface area contributed by atoms with Crippen LogP contribution >= 0.6 is 0 Å². The van der Waals surface area contributed by atoms with Gasteiger partial charge in [-0.3, -0.25) is 4.79 Å². The third-order valence-corrected chi connectivity index (χ3v) is 3.16. The second-order valence-electron chi connectivity index (χ2n) is 4.47. The number of hydrogen-bond acceptors (Lipinski definition) is 5. The van der Waals surface area contributed by atoms with Gasteiger partial charge in [0.15, 0.2) is 11.6 Å². The summed E-state index contributed by atoms with van der Waals surface area (Å²) >= 11 is 0. The molecule has 0 aliphatic carbocycles. The van der Waals surface area contributed by atoms with Crippen LogP contribution in [0.5, 0.6) is 5.75 Å². The van der Waals surface area contributed by atoms with Gasteiger partial charge in [0.25, 0.3) is 0 Å². The van der Waals surface area contributed by atoms with Crippen molar-refractivity contribution in [3.63, 3.8) is 0 Å². The molecule has 0 bridgehead atoms. The maximum atomic E-state index is 13.5. The van der Waals surface area contributed by atoms with E-state index in [1.54, 1.807) is 6.07 Å². The largest absolute Gasteiger partial charge is 0.494 e. The number of ether oxygens (including phenoxy) is 3. The minimum absolute atomic E-state index is 0.181. The molecule has 19 heavy (non-hydrogen) atoms. The van der Waals surface area contributed by atoms with Gasteiger partial charge in [-0.15, -0.1) is 0 Å². The second kappa shape index (κ2) is 5.44. The molecule has 1 aliphatic heterocycles. The fraction of sp³-hybridized carbons (Fsp3) is 0.462. The van der Waals surface area contributed by atoms with E-state index in [0.717, 1.165) is 0 Å². The van der Waals surface area contributed by atoms with Gasteiger partial charge < -0.3 is 19.5 Å². The SMILES string of the molecule is COC(=O)C1(CNc2ccc(OC)c(F)c2)COC1. The number of carbonyl (C=O) groups excluding carboxylic acids is 1. The van der Waals surface area contributed by atoms with Crippen molar-refractivity contribution < 1.29 is 23.4 Å². The Morgan fingerprint density at radius 2 is 2.21 bits per heavy atom. The molecule has 0 radical (unpaired) electrons. The van der Waals surface area contributed by atoms with Gasteiger partial charge in [-0.25, -0.2) is 4.39 Å². The van der Waals surface area contributed by atoms with E-state index in [1.807, 2.05) is 0 Å². The summed E-state index contributed by atoms with van der Waals surface area (Å²) in [5.74, 6) is -0.593. The zero-order valence-corrected chi connectivity index (χ0v) is 10.9. The molecule has 1 heterocycles. The fourth-order valence-corrected chi connectivity index (χ4v) is 1.90. The van der Waals surface area contributed by atoms with Crippen LogP contribution in [0.2, 0.25) is 0 Å². The summed E-state index contributed by atoms with van der Waals surface area (Å²) in [6.07, 6.45) is 0. The Morgan fingerprint density at radius 3 is 2.68 bits per heavy atom. The maximum absolute atomic E-state index is 13.5. The van der Waals surface area contributed by atoms with E-state index in [0.29, 0.717) is 25.4 Å². The van der Waals surface area contributed by atoms with E-state index in [-0.39, 0.29) is 11.7 Å². The third kappa shape index (κ3) is 2.63. The minimum Gasteiger partial charge on any atom is -0.494 e. The molecule has 1 aliphatic rings. The highest BCUT2D eigenvalue weighted by Gasteiger charge is 2.47. The van der Waals surface area contributed by atoms with E-state index in [1.165, 1.54) is 26.4 Å². The van der Waals surface area contributed by atoms with Crippen LogP contribution in [0.25, 0.3) is 0 Å². The summed E-state index contributed by atoms with van der Waals surface area (Å²) in [7, 11) is 2.75. The Morgan fingerprint density at radius 1 is 1.47 bits per heavy atom. The van der Waals surface area contributed by atoms with Crippen LogP contribution in [-0.4, -0.2) is 39.9 Å². The average Bonchev–Trinajstić information content (AvgIpc) is 2.37. The van der Waals surface area contributed by atoms with Crippen LogP contribution in [0.3, 0.4) is 0 Å². The Bertz CT molecular complexity index is 474. The Balaban J connectivity index is 2.02. The van der Waals surface area contributed by atoms with Crippen molar-refractivity contribution in [3.8, 4) is 5.75 Å². The molecule has 5 nitrogen and oxygen atoms in total. The molecule has 0 saturated carbocycles. The molecule has 2 rings (SSSR count). The highest BCUT2D eigenvalue weighted by molar-refractivity contribution is 5.78. The molecule has 0 spiro atoms. The lowest BCUT2D eigenvalue weighted by Crippen LogP contribution is -2.54. The highest BCUT2D eigenvalue weighted by Crippen LogP contribution is 2.30. The number of rotatable bonds is 5. The number of nitrogens with one attached hydrogen (secondary N) is 1. The van der Waals surface area contributed by atoms with Crippen LogP contribution in [0, 0.1) is 11.2 Å². The van der Waals surface area contributed by atoms with E-state index in [9.17, 15) is 9.18 Å². The normalized spacial score (nSPS) is 16.4. The molecule has 0 amide bonds. The molecule has 6 heteroatoms. The van der Waals surface area contributed by atoms with Gasteiger partial charge in [0.05, 0.1) is 27.4 Å². The van der Waals surface area contributed by atoms with Crippen molar-refractivity contribution in [2.24, 2.45) is 5.41 Å². The zero-order chi connectivity index (χ0) is 13.9. The lowest BCUT2D eigenvalue weighted by molar-refractivity contribution is -0.180. The molecular formula is C13H16FNO4. The summed E-state index contributed by atoms with van der Waals surface area (Å²) in [5.41, 5.74) is -0.0981. The van der Waals surface area contributed by atoms with Crippen LogP contribution in [0.1, 0.15) is 0 Å². The summed E-state index contributed by atoms with van der Waals surface area (Å²) < 4.78 is 28.2. The number of carbonyl (C=O) groups is 1. The van der Waals surface area contributed by atoms with Crippen molar-refractivity contribution in [2.45, 2.75) is 0 Å². The molecule has 104 valence electrons. The third-order valence-electron chi connectivity index (χ3n) is 3.16. The van der Waals surface area contributed by atoms with Crippen molar-refractivity contribution in [1.82, 2.24) is 0 Å². The molecule has 0 atom stereocenters. The Kier molecular flexibility index (Phi) is 3.90. The first-order chi connectivity index (χ1) is 9.11. The predicted molar refractivity (Wildman–Crippen MR) is 66.7 cm³/mol. The fourth-order valence-electron chi connectivity index (χ4n) is 1.90. The number of esters is 1. The molecule has 0 aromatic heterocycles. The van der Waals surface area contributed by atoms with E-state index >= 15 is 0 Å². The Labute approximate surface area is 110 Å². The molecule has 1 aromatic carbocycles. The van der Waals surface area contributed by atoms with Gasteiger partial charge in [0.2, 0.25) is 0 Å².